The van der Waals surface area contributed by atoms with Crippen LogP contribution in [0.4, 0.5) is 49.1 Å². The summed E-state index contributed by atoms with van der Waals surface area (Å²) in [6, 6.07) is 76.3. The van der Waals surface area contributed by atoms with E-state index in [1.54, 1.807) is 9.80 Å². The summed E-state index contributed by atoms with van der Waals surface area (Å²) in [4.78, 5) is 3.21. The third kappa shape index (κ3) is 10.3. The number of rotatable bonds is 17. The van der Waals surface area contributed by atoms with Crippen LogP contribution in [0.25, 0.3) is 45.6 Å². The molecule has 2 nitrogen and oxygen atoms in total. The molecule has 0 radical (unpaired) electrons. The van der Waals surface area contributed by atoms with Crippen LogP contribution in [0.3, 0.4) is 0 Å². The molecule has 3 atom stereocenters. The fourth-order valence-electron chi connectivity index (χ4n) is 18.8. The molecule has 0 aromatic heterocycles. The maximum Gasteiger partial charge on any atom is 0.153 e. The molecule has 0 saturated heterocycles. The molecule has 5 aliphatic carbocycles. The third-order valence-electron chi connectivity index (χ3n) is 23.3. The summed E-state index contributed by atoms with van der Waals surface area (Å²) in [5, 5.41) is 0. The van der Waals surface area contributed by atoms with Crippen LogP contribution in [-0.2, 0) is 22.7 Å². The molecule has 108 heavy (non-hydrogen) atoms. The zero-order chi connectivity index (χ0) is 74.7. The van der Waals surface area contributed by atoms with E-state index in [0.29, 0.717) is 17.1 Å². The van der Waals surface area contributed by atoms with Crippen LogP contribution in [0, 0.1) is 62.6 Å². The van der Waals surface area contributed by atoms with Crippen LogP contribution in [0.5, 0.6) is 0 Å². The molecule has 0 aliphatic heterocycles. The van der Waals surface area contributed by atoms with Crippen molar-refractivity contribution >= 4 is 46.0 Å². The predicted molar refractivity (Wildman–Crippen MR) is 431 cm³/mol. The molecule has 0 amide bonds. The van der Waals surface area contributed by atoms with Gasteiger partial charge in [-0.2, -0.15) is 0 Å². The number of hydrogen-bond acceptors (Lipinski definition) is 2. The minimum atomic E-state index is -1.07. The third-order valence-corrected chi connectivity index (χ3v) is 23.3. The van der Waals surface area contributed by atoms with Gasteiger partial charge in [0.2, 0.25) is 0 Å². The Labute approximate surface area is 627 Å². The van der Waals surface area contributed by atoms with Gasteiger partial charge in [0.05, 0.1) is 16.2 Å². The number of nitrogens with zero attached hydrogens (tertiary/aromatic N) is 2. The van der Waals surface area contributed by atoms with Crippen molar-refractivity contribution < 1.29 is 26.3 Å². The molecule has 5 aliphatic rings. The molecule has 0 fully saturated rings. The van der Waals surface area contributed by atoms with Crippen LogP contribution in [0.2, 0.25) is 0 Å². The molecule has 0 saturated carbocycles. The van der Waals surface area contributed by atoms with E-state index in [2.05, 4.69) is 212 Å². The normalized spacial score (nSPS) is 17.6. The highest BCUT2D eigenvalue weighted by atomic mass is 19.2. The van der Waals surface area contributed by atoms with Crippen LogP contribution in [-0.4, -0.2) is 6.54 Å². The quantitative estimate of drug-likeness (QED) is 0.0839. The largest absolute Gasteiger partial charge is 0.333 e. The number of benzene rings is 12. The first-order chi connectivity index (χ1) is 52.5. The van der Waals surface area contributed by atoms with Crippen molar-refractivity contribution in [2.75, 3.05) is 16.3 Å². The molecule has 0 heterocycles. The molecule has 17 rings (SSSR count). The summed E-state index contributed by atoms with van der Waals surface area (Å²) >= 11 is 0. The second kappa shape index (κ2) is 26.7. The second-order valence-corrected chi connectivity index (χ2v) is 29.1. The Morgan fingerprint density at radius 3 is 1.46 bits per heavy atom. The van der Waals surface area contributed by atoms with E-state index in [1.165, 1.54) is 11.1 Å². The van der Waals surface area contributed by atoms with Crippen molar-refractivity contribution in [3.8, 4) is 22.3 Å². The van der Waals surface area contributed by atoms with E-state index in [1.807, 2.05) is 103 Å². The SMILES string of the molecule is C=CC1=C(/C=C\CN(c2ccc3c(c2)C(c2ccc(C=C)cc2)(c2cc(C)ccc2C)c2ccccc2-3)c2c(F)cc(F)cc2F)c2ccccc2C12C1=CCC(N(c3ccc4c(c3)C(c3ccc(C=C)cc3)(c3cc(C)c(CCC)cc3C)c3ccccc3-4)c3c(F)cc(F)cc3F)=CC=C1c1ccccc12. The number of aryl methyl sites for hydroxylation is 5. The Kier molecular flexibility index (Phi) is 17.0. The fourth-order valence-corrected chi connectivity index (χ4v) is 18.8. The van der Waals surface area contributed by atoms with Gasteiger partial charge in [0.25, 0.3) is 0 Å². The van der Waals surface area contributed by atoms with Gasteiger partial charge < -0.3 is 9.80 Å². The lowest BCUT2D eigenvalue weighted by Gasteiger charge is -2.37. The molecule has 0 bridgehead atoms. The van der Waals surface area contributed by atoms with Crippen molar-refractivity contribution in [2.24, 2.45) is 0 Å². The van der Waals surface area contributed by atoms with E-state index in [0.717, 1.165) is 176 Å². The molecule has 12 aromatic carbocycles. The lowest BCUT2D eigenvalue weighted by molar-refractivity contribution is 0.542. The first-order valence-corrected chi connectivity index (χ1v) is 36.8. The summed E-state index contributed by atoms with van der Waals surface area (Å²) in [5.41, 5.74) is 24.6. The van der Waals surface area contributed by atoms with Crippen LogP contribution in [0.1, 0.15) is 125 Å². The van der Waals surface area contributed by atoms with E-state index < -0.39 is 62.5 Å². The molecule has 528 valence electrons. The van der Waals surface area contributed by atoms with Crippen molar-refractivity contribution in [2.45, 2.75) is 70.1 Å². The number of allylic oxidation sites excluding steroid dienone is 9. The average molecular weight is 1420 g/mol. The van der Waals surface area contributed by atoms with Crippen LogP contribution < -0.4 is 9.80 Å². The Balaban J connectivity index is 0.818. The van der Waals surface area contributed by atoms with E-state index in [9.17, 15) is 0 Å². The van der Waals surface area contributed by atoms with E-state index >= 15 is 26.3 Å². The van der Waals surface area contributed by atoms with Crippen molar-refractivity contribution in [1.82, 2.24) is 0 Å². The van der Waals surface area contributed by atoms with E-state index in [-0.39, 0.29) is 13.0 Å². The summed E-state index contributed by atoms with van der Waals surface area (Å²) in [7, 11) is 0. The number of hydrogen-bond donors (Lipinski definition) is 0. The van der Waals surface area contributed by atoms with Gasteiger partial charge in [0.1, 0.15) is 23.0 Å². The van der Waals surface area contributed by atoms with Crippen molar-refractivity contribution in [1.29, 1.82) is 0 Å². The monoisotopic (exact) mass is 1420 g/mol. The van der Waals surface area contributed by atoms with Crippen molar-refractivity contribution in [3.05, 3.63) is 450 Å². The summed E-state index contributed by atoms with van der Waals surface area (Å²) in [6.45, 7) is 23.4. The summed E-state index contributed by atoms with van der Waals surface area (Å²) in [5.74, 6) is -6.37. The Morgan fingerprint density at radius 2 is 0.907 bits per heavy atom. The maximum atomic E-state index is 17.4. The van der Waals surface area contributed by atoms with Gasteiger partial charge in [-0.3, -0.25) is 0 Å². The van der Waals surface area contributed by atoms with Gasteiger partial charge in [0.15, 0.2) is 23.3 Å². The van der Waals surface area contributed by atoms with Gasteiger partial charge in [-0.1, -0.05) is 269 Å². The molecule has 8 heteroatoms. The standard InChI is InChI=1S/C100H76F6N2/c1-9-22-66-52-63(8)89(53-62(66)7)99(68-40-36-65(11-3)37-41-68)84-29-18-14-26-78(84)81-48-44-73(59-91(81)99)108(97-94(105)56-70(102)57-95(97)106)71-42-46-79-76-24-16-20-31-86(76)100(87(79)49-45-71)82(12-4)74(75-23-15-19-30-85(75)100)27-21-50-107(96-92(103)54-69(101)55-93(96)104)72-43-47-80-77-25-13-17-28-83(77)98(90(80)58-72,67-38-34-64(10-2)35-39-67)88-51-60(5)32-33-61(88)6/h10-21,23-44,46-49,51-59H,2-4,9,22,45,50H2,1,5-8H3/b27-21-. The molecule has 12 aromatic rings. The fraction of sp³-hybridized carbons (Fsp3) is 0.120. The highest BCUT2D eigenvalue weighted by molar-refractivity contribution is 6.03. The van der Waals surface area contributed by atoms with Crippen molar-refractivity contribution in [3.63, 3.8) is 0 Å². The summed E-state index contributed by atoms with van der Waals surface area (Å²) in [6.07, 6.45) is 17.6. The summed E-state index contributed by atoms with van der Waals surface area (Å²) < 4.78 is 99.4. The molecular formula is C100H76F6N2. The van der Waals surface area contributed by atoms with E-state index in [4.69, 9.17) is 0 Å². The average Bonchev–Trinajstić information content (AvgIpc) is 1.52. The number of halogens is 6. The van der Waals surface area contributed by atoms with Crippen LogP contribution in [0.15, 0.2) is 310 Å². The highest BCUT2D eigenvalue weighted by Crippen LogP contribution is 2.65. The first-order valence-electron chi connectivity index (χ1n) is 36.8. The van der Waals surface area contributed by atoms with Gasteiger partial charge in [0, 0.05) is 54.3 Å². The number of fused-ring (bicyclic) bond motifs is 13. The topological polar surface area (TPSA) is 6.48 Å². The molecule has 1 spiro atoms. The molecule has 0 N–H and O–H groups in total. The Morgan fingerprint density at radius 1 is 0.417 bits per heavy atom. The van der Waals surface area contributed by atoms with Gasteiger partial charge in [-0.05, 0) is 209 Å². The Hall–Kier alpha value is -12.3. The molecule has 3 unspecified atom stereocenters. The van der Waals surface area contributed by atoms with Crippen LogP contribution >= 0.6 is 0 Å². The minimum Gasteiger partial charge on any atom is -0.333 e. The minimum absolute atomic E-state index is 0.0785. The molecular weight excluding hydrogens is 1340 g/mol. The number of anilines is 4. The maximum absolute atomic E-state index is 17.4. The highest BCUT2D eigenvalue weighted by Gasteiger charge is 2.54. The lowest BCUT2D eigenvalue weighted by Crippen LogP contribution is -2.30. The second-order valence-electron chi connectivity index (χ2n) is 29.1. The van der Waals surface area contributed by atoms with Gasteiger partial charge >= 0.3 is 0 Å². The first kappa shape index (κ1) is 68.8. The predicted octanol–water partition coefficient (Wildman–Crippen LogP) is 25.8. The zero-order valence-corrected chi connectivity index (χ0v) is 60.7. The van der Waals surface area contributed by atoms with Gasteiger partial charge in [-0.15, -0.1) is 0 Å². The van der Waals surface area contributed by atoms with Gasteiger partial charge in [-0.25, -0.2) is 26.3 Å². The lowest BCUT2D eigenvalue weighted by atomic mass is 9.65. The smallest absolute Gasteiger partial charge is 0.153 e. The zero-order valence-electron chi connectivity index (χ0n) is 60.7. The Bertz CT molecular complexity index is 5930.